The molecule has 0 spiro atoms. The molecule has 0 aliphatic carbocycles. The van der Waals surface area contributed by atoms with Crippen LogP contribution in [0.25, 0.3) is 0 Å². The van der Waals surface area contributed by atoms with Crippen LogP contribution in [0, 0.1) is 6.92 Å². The zero-order valence-electron chi connectivity index (χ0n) is 16.9. The van der Waals surface area contributed by atoms with Crippen LogP contribution >= 0.6 is 11.6 Å². The van der Waals surface area contributed by atoms with Crippen LogP contribution in [0.2, 0.25) is 5.02 Å². The third-order valence-corrected chi connectivity index (χ3v) is 5.28. The second-order valence-corrected chi connectivity index (χ2v) is 7.64. The maximum atomic E-state index is 12.4. The third-order valence-electron chi connectivity index (χ3n) is 4.95. The highest BCUT2D eigenvalue weighted by Gasteiger charge is 2.23. The van der Waals surface area contributed by atoms with Gasteiger partial charge in [-0.2, -0.15) is 0 Å². The van der Waals surface area contributed by atoms with Crippen molar-refractivity contribution in [1.29, 1.82) is 0 Å². The largest absolute Gasteiger partial charge is 0.343 e. The Kier molecular flexibility index (Phi) is 7.43. The number of anilines is 1. The van der Waals surface area contributed by atoms with Crippen molar-refractivity contribution >= 4 is 35.0 Å². The number of nitrogens with one attached hydrogen (secondary N) is 2. The van der Waals surface area contributed by atoms with Gasteiger partial charge in [-0.1, -0.05) is 41.4 Å². The lowest BCUT2D eigenvalue weighted by Crippen LogP contribution is -2.52. The highest BCUT2D eigenvalue weighted by molar-refractivity contribution is 6.33. The predicted molar refractivity (Wildman–Crippen MR) is 117 cm³/mol. The van der Waals surface area contributed by atoms with E-state index in [1.807, 2.05) is 30.0 Å². The van der Waals surface area contributed by atoms with E-state index in [4.69, 9.17) is 11.6 Å². The summed E-state index contributed by atoms with van der Waals surface area (Å²) in [5, 5.41) is 5.97. The van der Waals surface area contributed by atoms with E-state index in [0.717, 1.165) is 5.56 Å². The average Bonchev–Trinajstić information content (AvgIpc) is 2.74. The Morgan fingerprint density at radius 1 is 0.967 bits per heavy atom. The molecule has 1 fully saturated rings. The number of rotatable bonds is 6. The molecular weight excluding hydrogens is 404 g/mol. The molecule has 1 aliphatic rings. The smallest absolute Gasteiger partial charge is 0.251 e. The Labute approximate surface area is 181 Å². The second kappa shape index (κ2) is 10.2. The van der Waals surface area contributed by atoms with Crippen molar-refractivity contribution in [3.63, 3.8) is 0 Å². The second-order valence-electron chi connectivity index (χ2n) is 7.23. The summed E-state index contributed by atoms with van der Waals surface area (Å²) in [6.45, 7) is 4.35. The third kappa shape index (κ3) is 6.05. The van der Waals surface area contributed by atoms with E-state index in [1.54, 1.807) is 35.2 Å². The predicted octanol–water partition coefficient (Wildman–Crippen LogP) is 2.16. The maximum Gasteiger partial charge on any atom is 0.251 e. The van der Waals surface area contributed by atoms with Gasteiger partial charge in [0.15, 0.2) is 0 Å². The minimum Gasteiger partial charge on any atom is -0.343 e. The fraction of sp³-hybridized carbons (Fsp3) is 0.318. The van der Waals surface area contributed by atoms with Gasteiger partial charge in [-0.25, -0.2) is 0 Å². The topological polar surface area (TPSA) is 81.8 Å². The summed E-state index contributed by atoms with van der Waals surface area (Å²) in [5.41, 5.74) is 2.19. The van der Waals surface area contributed by atoms with Crippen molar-refractivity contribution in [2.24, 2.45) is 0 Å². The molecule has 3 amide bonds. The summed E-state index contributed by atoms with van der Waals surface area (Å²) in [7, 11) is 0. The van der Waals surface area contributed by atoms with Crippen LogP contribution in [0.4, 0.5) is 5.69 Å². The van der Waals surface area contributed by atoms with Crippen molar-refractivity contribution in [2.75, 3.05) is 44.6 Å². The molecule has 158 valence electrons. The number of nitrogens with zero attached hydrogens (tertiary/aromatic N) is 2. The molecule has 0 atom stereocenters. The monoisotopic (exact) mass is 428 g/mol. The molecule has 1 aliphatic heterocycles. The first-order valence-corrected chi connectivity index (χ1v) is 10.2. The Morgan fingerprint density at radius 3 is 2.30 bits per heavy atom. The van der Waals surface area contributed by atoms with Gasteiger partial charge in [0, 0.05) is 31.7 Å². The fourth-order valence-corrected chi connectivity index (χ4v) is 3.37. The first-order valence-electron chi connectivity index (χ1n) is 9.82. The summed E-state index contributed by atoms with van der Waals surface area (Å²) in [5.74, 6) is -0.540. The molecule has 2 aromatic carbocycles. The summed E-state index contributed by atoms with van der Waals surface area (Å²) in [6, 6.07) is 14.3. The van der Waals surface area contributed by atoms with E-state index in [9.17, 15) is 14.4 Å². The van der Waals surface area contributed by atoms with E-state index in [1.165, 1.54) is 0 Å². The van der Waals surface area contributed by atoms with Crippen LogP contribution in [0.1, 0.15) is 15.9 Å². The van der Waals surface area contributed by atoms with Gasteiger partial charge in [-0.05, 0) is 31.2 Å². The lowest BCUT2D eigenvalue weighted by molar-refractivity contribution is -0.132. The van der Waals surface area contributed by atoms with E-state index >= 15 is 0 Å². The van der Waals surface area contributed by atoms with Gasteiger partial charge in [0.25, 0.3) is 5.91 Å². The minimum absolute atomic E-state index is 0.0420. The zero-order chi connectivity index (χ0) is 21.5. The minimum atomic E-state index is -0.266. The summed E-state index contributed by atoms with van der Waals surface area (Å²) < 4.78 is 0. The molecule has 0 unspecified atom stereocenters. The van der Waals surface area contributed by atoms with Crippen molar-refractivity contribution in [1.82, 2.24) is 15.1 Å². The van der Waals surface area contributed by atoms with Crippen molar-refractivity contribution in [2.45, 2.75) is 6.92 Å². The van der Waals surface area contributed by atoms with Crippen LogP contribution in [0.5, 0.6) is 0 Å². The van der Waals surface area contributed by atoms with Crippen molar-refractivity contribution < 1.29 is 14.4 Å². The number of carbonyl (C=O) groups is 3. The van der Waals surface area contributed by atoms with Crippen LogP contribution in [-0.4, -0.2) is 66.8 Å². The molecule has 1 heterocycles. The number of benzene rings is 2. The number of aryl methyl sites for hydroxylation is 1. The van der Waals surface area contributed by atoms with Gasteiger partial charge in [0.2, 0.25) is 11.8 Å². The van der Waals surface area contributed by atoms with Crippen LogP contribution in [0.3, 0.4) is 0 Å². The van der Waals surface area contributed by atoms with Crippen LogP contribution in [-0.2, 0) is 9.59 Å². The van der Waals surface area contributed by atoms with E-state index in [2.05, 4.69) is 10.6 Å². The van der Waals surface area contributed by atoms with Gasteiger partial charge in [0.1, 0.15) is 0 Å². The zero-order valence-corrected chi connectivity index (χ0v) is 17.6. The lowest BCUT2D eigenvalue weighted by atomic mass is 10.1. The first-order chi connectivity index (χ1) is 14.4. The molecule has 3 rings (SSSR count). The number of piperazine rings is 1. The van der Waals surface area contributed by atoms with E-state index < -0.39 is 0 Å². The molecule has 1 saturated heterocycles. The fourth-order valence-electron chi connectivity index (χ4n) is 3.19. The molecule has 8 heteroatoms. The Hall–Kier alpha value is -2.90. The Bertz CT molecular complexity index is 909. The van der Waals surface area contributed by atoms with E-state index in [-0.39, 0.29) is 30.8 Å². The Morgan fingerprint density at radius 2 is 1.63 bits per heavy atom. The molecule has 2 aromatic rings. The van der Waals surface area contributed by atoms with Crippen LogP contribution < -0.4 is 10.6 Å². The summed E-state index contributed by atoms with van der Waals surface area (Å²) in [6.07, 6.45) is 0. The van der Waals surface area contributed by atoms with Crippen LogP contribution in [0.15, 0.2) is 48.5 Å². The molecule has 0 aromatic heterocycles. The molecular formula is C22H25ClN4O3. The van der Waals surface area contributed by atoms with Gasteiger partial charge in [-0.15, -0.1) is 0 Å². The lowest BCUT2D eigenvalue weighted by Gasteiger charge is -2.34. The average molecular weight is 429 g/mol. The molecule has 30 heavy (non-hydrogen) atoms. The normalized spacial score (nSPS) is 14.3. The Balaban J connectivity index is 1.39. The number of amides is 3. The van der Waals surface area contributed by atoms with Crippen molar-refractivity contribution in [3.8, 4) is 0 Å². The van der Waals surface area contributed by atoms with Gasteiger partial charge in [0.05, 0.1) is 23.8 Å². The molecule has 0 bridgehead atoms. The van der Waals surface area contributed by atoms with Gasteiger partial charge in [-0.3, -0.25) is 19.3 Å². The summed E-state index contributed by atoms with van der Waals surface area (Å²) >= 11 is 6.06. The molecule has 2 N–H and O–H groups in total. The summed E-state index contributed by atoms with van der Waals surface area (Å²) in [4.78, 5) is 40.5. The van der Waals surface area contributed by atoms with Gasteiger partial charge < -0.3 is 15.5 Å². The standard InChI is InChI=1S/C22H25ClN4O3/c1-16-6-8-17(9-7-16)22(30)24-14-21(29)27-12-10-26(11-13-27)15-20(28)25-19-5-3-2-4-18(19)23/h2-9H,10-15H2,1H3,(H,24,30)(H,25,28). The number of carbonyl (C=O) groups excluding carboxylic acids is 3. The quantitative estimate of drug-likeness (QED) is 0.738. The maximum absolute atomic E-state index is 12.4. The highest BCUT2D eigenvalue weighted by Crippen LogP contribution is 2.20. The number of hydrogen-bond acceptors (Lipinski definition) is 4. The number of para-hydroxylation sites is 1. The number of halogens is 1. The van der Waals surface area contributed by atoms with Crippen molar-refractivity contribution in [3.05, 3.63) is 64.7 Å². The van der Waals surface area contributed by atoms with E-state index in [0.29, 0.717) is 42.5 Å². The van der Waals surface area contributed by atoms with Gasteiger partial charge >= 0.3 is 0 Å². The molecule has 0 saturated carbocycles. The highest BCUT2D eigenvalue weighted by atomic mass is 35.5. The SMILES string of the molecule is Cc1ccc(C(=O)NCC(=O)N2CCN(CC(=O)Nc3ccccc3Cl)CC2)cc1. The molecule has 7 nitrogen and oxygen atoms in total. The number of hydrogen-bond donors (Lipinski definition) is 2. The first kappa shape index (κ1) is 21.8. The molecule has 0 radical (unpaired) electrons.